The Morgan fingerprint density at radius 2 is 2.13 bits per heavy atom. The van der Waals surface area contributed by atoms with E-state index in [1.165, 1.54) is 0 Å². The van der Waals surface area contributed by atoms with E-state index in [9.17, 15) is 14.7 Å². The lowest BCUT2D eigenvalue weighted by Crippen LogP contribution is -2.29. The average Bonchev–Trinajstić information content (AvgIpc) is 2.96. The fourth-order valence-corrected chi connectivity index (χ4v) is 1.45. The predicted molar refractivity (Wildman–Crippen MR) is 53.2 cm³/mol. The summed E-state index contributed by atoms with van der Waals surface area (Å²) in [6, 6.07) is 0. The number of carbonyl (C=O) groups excluding carboxylic acids is 1. The molecule has 1 amide bonds. The summed E-state index contributed by atoms with van der Waals surface area (Å²) in [4.78, 5) is 21.8. The Balaban J connectivity index is 2.13. The van der Waals surface area contributed by atoms with E-state index in [0.29, 0.717) is 25.8 Å². The summed E-state index contributed by atoms with van der Waals surface area (Å²) in [5.41, 5.74) is 0. The third-order valence-corrected chi connectivity index (χ3v) is 2.69. The zero-order valence-corrected chi connectivity index (χ0v) is 8.77. The molecule has 3 atom stereocenters. The maximum absolute atomic E-state index is 11.3. The molecule has 1 aliphatic carbocycles. The Kier molecular flexibility index (Phi) is 4.08. The summed E-state index contributed by atoms with van der Waals surface area (Å²) < 4.78 is 0. The number of carbonyl (C=O) groups is 2. The van der Waals surface area contributed by atoms with Gasteiger partial charge < -0.3 is 15.5 Å². The van der Waals surface area contributed by atoms with Gasteiger partial charge in [-0.1, -0.05) is 6.92 Å². The van der Waals surface area contributed by atoms with Gasteiger partial charge in [-0.25, -0.2) is 0 Å². The van der Waals surface area contributed by atoms with Crippen molar-refractivity contribution < 1.29 is 19.8 Å². The molecule has 86 valence electrons. The molecule has 0 aromatic heterocycles. The van der Waals surface area contributed by atoms with Crippen molar-refractivity contribution in [3.05, 3.63) is 0 Å². The average molecular weight is 215 g/mol. The van der Waals surface area contributed by atoms with Crippen LogP contribution in [0.1, 0.15) is 26.2 Å². The molecule has 5 heteroatoms. The summed E-state index contributed by atoms with van der Waals surface area (Å²) in [5.74, 6) is -1.96. The number of aliphatic hydroxyl groups is 1. The van der Waals surface area contributed by atoms with Gasteiger partial charge in [0.05, 0.1) is 17.9 Å². The van der Waals surface area contributed by atoms with Crippen LogP contribution in [0.3, 0.4) is 0 Å². The van der Waals surface area contributed by atoms with Crippen molar-refractivity contribution in [3.63, 3.8) is 0 Å². The van der Waals surface area contributed by atoms with Gasteiger partial charge in [0, 0.05) is 6.54 Å². The van der Waals surface area contributed by atoms with Gasteiger partial charge in [0.15, 0.2) is 0 Å². The maximum atomic E-state index is 11.3. The minimum absolute atomic E-state index is 0.203. The Hall–Kier alpha value is -1.10. The van der Waals surface area contributed by atoms with Crippen LogP contribution in [-0.4, -0.2) is 34.7 Å². The lowest BCUT2D eigenvalue weighted by Gasteiger charge is -2.08. The SMILES string of the molecule is CCC(O)CCNC(=O)C1CC1C(=O)O. The summed E-state index contributed by atoms with van der Waals surface area (Å²) in [6.45, 7) is 2.28. The van der Waals surface area contributed by atoms with Gasteiger partial charge in [-0.05, 0) is 19.3 Å². The zero-order valence-electron chi connectivity index (χ0n) is 8.77. The molecule has 1 aliphatic rings. The van der Waals surface area contributed by atoms with Gasteiger partial charge in [0.2, 0.25) is 5.91 Å². The number of aliphatic carboxylic acids is 1. The van der Waals surface area contributed by atoms with E-state index in [0.717, 1.165) is 0 Å². The Morgan fingerprint density at radius 3 is 2.60 bits per heavy atom. The van der Waals surface area contributed by atoms with Crippen LogP contribution in [0.15, 0.2) is 0 Å². The van der Waals surface area contributed by atoms with Gasteiger partial charge in [-0.2, -0.15) is 0 Å². The lowest BCUT2D eigenvalue weighted by atomic mass is 10.2. The maximum Gasteiger partial charge on any atom is 0.307 e. The fraction of sp³-hybridized carbons (Fsp3) is 0.800. The Bertz CT molecular complexity index is 254. The first-order valence-corrected chi connectivity index (χ1v) is 5.24. The summed E-state index contributed by atoms with van der Waals surface area (Å²) in [5, 5.41) is 20.5. The Labute approximate surface area is 88.5 Å². The molecule has 0 saturated heterocycles. The third-order valence-electron chi connectivity index (χ3n) is 2.69. The fourth-order valence-electron chi connectivity index (χ4n) is 1.45. The largest absolute Gasteiger partial charge is 0.481 e. The molecule has 0 aromatic carbocycles. The van der Waals surface area contributed by atoms with Crippen LogP contribution < -0.4 is 5.32 Å². The first kappa shape index (κ1) is 12.0. The van der Waals surface area contributed by atoms with Gasteiger partial charge >= 0.3 is 5.97 Å². The van der Waals surface area contributed by atoms with E-state index in [1.807, 2.05) is 6.92 Å². The van der Waals surface area contributed by atoms with Crippen LogP contribution in [-0.2, 0) is 9.59 Å². The van der Waals surface area contributed by atoms with Crippen LogP contribution in [0.25, 0.3) is 0 Å². The van der Waals surface area contributed by atoms with Crippen molar-refractivity contribution >= 4 is 11.9 Å². The van der Waals surface area contributed by atoms with E-state index in [4.69, 9.17) is 5.11 Å². The first-order chi connectivity index (χ1) is 7.06. The van der Waals surface area contributed by atoms with Crippen molar-refractivity contribution in [2.45, 2.75) is 32.3 Å². The molecule has 5 nitrogen and oxygen atoms in total. The highest BCUT2D eigenvalue weighted by Gasteiger charge is 2.48. The number of aliphatic hydroxyl groups excluding tert-OH is 1. The van der Waals surface area contributed by atoms with Gasteiger partial charge in [0.25, 0.3) is 0 Å². The second-order valence-corrected chi connectivity index (χ2v) is 3.93. The summed E-state index contributed by atoms with van der Waals surface area (Å²) in [6.07, 6.45) is 1.24. The monoisotopic (exact) mass is 215 g/mol. The van der Waals surface area contributed by atoms with E-state index < -0.39 is 11.9 Å². The summed E-state index contributed by atoms with van der Waals surface area (Å²) >= 11 is 0. The number of carboxylic acids is 1. The highest BCUT2D eigenvalue weighted by atomic mass is 16.4. The molecule has 0 radical (unpaired) electrons. The number of nitrogens with one attached hydrogen (secondary N) is 1. The van der Waals surface area contributed by atoms with E-state index >= 15 is 0 Å². The quantitative estimate of drug-likeness (QED) is 0.581. The number of hydrogen-bond donors (Lipinski definition) is 3. The highest BCUT2D eigenvalue weighted by molar-refractivity contribution is 5.89. The van der Waals surface area contributed by atoms with Gasteiger partial charge in [-0.3, -0.25) is 9.59 Å². The molecule has 1 fully saturated rings. The van der Waals surface area contributed by atoms with Crippen molar-refractivity contribution in [1.29, 1.82) is 0 Å². The molecule has 3 N–H and O–H groups in total. The predicted octanol–water partition coefficient (Wildman–Crippen LogP) is -0.0157. The smallest absolute Gasteiger partial charge is 0.307 e. The summed E-state index contributed by atoms with van der Waals surface area (Å²) in [7, 11) is 0. The van der Waals surface area contributed by atoms with Crippen molar-refractivity contribution in [2.24, 2.45) is 11.8 Å². The van der Waals surface area contributed by atoms with Crippen LogP contribution in [0.5, 0.6) is 0 Å². The van der Waals surface area contributed by atoms with Crippen LogP contribution in [0.4, 0.5) is 0 Å². The van der Waals surface area contributed by atoms with E-state index in [-0.39, 0.29) is 17.9 Å². The molecule has 3 unspecified atom stereocenters. The highest BCUT2D eigenvalue weighted by Crippen LogP contribution is 2.38. The molecule has 0 aromatic rings. The zero-order chi connectivity index (χ0) is 11.4. The topological polar surface area (TPSA) is 86.6 Å². The molecule has 0 heterocycles. The second-order valence-electron chi connectivity index (χ2n) is 3.93. The van der Waals surface area contributed by atoms with E-state index in [2.05, 4.69) is 5.32 Å². The molecule has 0 spiro atoms. The van der Waals surface area contributed by atoms with Crippen molar-refractivity contribution in [1.82, 2.24) is 5.32 Å². The number of carboxylic acid groups (broad SMARTS) is 1. The molecular weight excluding hydrogens is 198 g/mol. The van der Waals surface area contributed by atoms with Crippen LogP contribution >= 0.6 is 0 Å². The van der Waals surface area contributed by atoms with Crippen LogP contribution in [0.2, 0.25) is 0 Å². The normalized spacial score (nSPS) is 25.7. The van der Waals surface area contributed by atoms with Crippen molar-refractivity contribution in [2.75, 3.05) is 6.54 Å². The molecule has 15 heavy (non-hydrogen) atoms. The molecule has 1 saturated carbocycles. The van der Waals surface area contributed by atoms with E-state index in [1.54, 1.807) is 0 Å². The standard InChI is InChI=1S/C10H17NO4/c1-2-6(12)3-4-11-9(13)7-5-8(7)10(14)15/h6-8,12H,2-5H2,1H3,(H,11,13)(H,14,15). The minimum atomic E-state index is -0.899. The van der Waals surface area contributed by atoms with Crippen molar-refractivity contribution in [3.8, 4) is 0 Å². The van der Waals surface area contributed by atoms with Gasteiger partial charge in [-0.15, -0.1) is 0 Å². The third kappa shape index (κ3) is 3.51. The second kappa shape index (κ2) is 5.11. The number of hydrogen-bond acceptors (Lipinski definition) is 3. The Morgan fingerprint density at radius 1 is 1.47 bits per heavy atom. The minimum Gasteiger partial charge on any atom is -0.481 e. The molecule has 0 bridgehead atoms. The number of rotatable bonds is 6. The molecule has 1 rings (SSSR count). The molecule has 0 aliphatic heterocycles. The first-order valence-electron chi connectivity index (χ1n) is 5.24. The number of amides is 1. The van der Waals surface area contributed by atoms with Gasteiger partial charge in [0.1, 0.15) is 0 Å². The molecular formula is C10H17NO4. The lowest BCUT2D eigenvalue weighted by molar-refractivity contribution is -0.140. The van der Waals surface area contributed by atoms with Crippen LogP contribution in [0, 0.1) is 11.8 Å².